The number of hydrogen-bond donors (Lipinski definition) is 2. The van der Waals surface area contributed by atoms with E-state index in [1.807, 2.05) is 12.2 Å². The maximum absolute atomic E-state index is 17.2. The summed E-state index contributed by atoms with van der Waals surface area (Å²) in [5.41, 5.74) is -0.409. The Balaban J connectivity index is 1.35. The third kappa shape index (κ3) is 18.9. The molecule has 0 atom stereocenters. The Labute approximate surface area is 407 Å². The van der Waals surface area contributed by atoms with Crippen LogP contribution in [0.3, 0.4) is 0 Å². The number of carbonyl (C=O) groups excluding carboxylic acids is 2. The van der Waals surface area contributed by atoms with Gasteiger partial charge in [-0.3, -0.25) is 0 Å². The molecule has 0 aromatic heterocycles. The summed E-state index contributed by atoms with van der Waals surface area (Å²) in [5, 5.41) is 5.38. The molecular formula is C58H86F4N2O2Ti. The molecule has 0 fully saturated rings. The first-order chi connectivity index (χ1) is 32.7. The van der Waals surface area contributed by atoms with Gasteiger partial charge in [-0.2, -0.15) is 0 Å². The van der Waals surface area contributed by atoms with E-state index < -0.39 is 39.9 Å². The summed E-state index contributed by atoms with van der Waals surface area (Å²) < 4.78 is 68.0. The monoisotopic (exact) mass is 967 g/mol. The fraction of sp³-hybridized carbons (Fsp3) is 0.621. The molecule has 2 aromatic carbocycles. The molecule has 67 heavy (non-hydrogen) atoms. The second-order valence-corrected chi connectivity index (χ2v) is 25.4. The number of halogens is 4. The third-order valence-corrected chi connectivity index (χ3v) is 21.9. The zero-order chi connectivity index (χ0) is 48.0. The first-order valence-corrected chi connectivity index (χ1v) is 30.2. The van der Waals surface area contributed by atoms with Gasteiger partial charge in [0.25, 0.3) is 0 Å². The average molecular weight is 967 g/mol. The molecule has 0 saturated heterocycles. The van der Waals surface area contributed by atoms with Gasteiger partial charge in [0, 0.05) is 0 Å². The van der Waals surface area contributed by atoms with Crippen molar-refractivity contribution in [1.82, 2.24) is 0 Å². The molecule has 2 aromatic rings. The van der Waals surface area contributed by atoms with Crippen molar-refractivity contribution in [2.24, 2.45) is 0 Å². The number of unbranched alkanes of at least 4 members (excludes halogenated alkanes) is 28. The summed E-state index contributed by atoms with van der Waals surface area (Å²) in [6, 6.07) is 4.61. The number of hydrogen-bond acceptors (Lipinski definition) is 2. The van der Waals surface area contributed by atoms with Crippen LogP contribution in [0, 0.1) is 23.3 Å². The number of allylic oxidation sites excluding steroid dienone is 8. The molecule has 9 heteroatoms. The summed E-state index contributed by atoms with van der Waals surface area (Å²) in [6.45, 7) is 4.50. The SMILES string of the molecule is CCCCCCCCCCCCCCCCCC(=O)Nc1ccc(F)[c]([Ti]([C]2=CC=CC2)([C]2=CC=CC2)[c]2c(F)ccc(NC(=O)CCCCCCCCCCCCCCCCC)c2F)c1F. The number of rotatable bonds is 38. The van der Waals surface area contributed by atoms with Gasteiger partial charge >= 0.3 is 280 Å². The molecule has 0 unspecified atom stereocenters. The van der Waals surface area contributed by atoms with Gasteiger partial charge in [0.1, 0.15) is 0 Å². The molecule has 2 amide bonds. The molecule has 4 rings (SSSR count). The van der Waals surface area contributed by atoms with Crippen molar-refractivity contribution in [2.45, 2.75) is 232 Å². The van der Waals surface area contributed by atoms with Crippen LogP contribution in [-0.2, 0) is 26.2 Å². The maximum atomic E-state index is 17.2. The van der Waals surface area contributed by atoms with Gasteiger partial charge in [-0.25, -0.2) is 0 Å². The minimum atomic E-state index is -5.16. The van der Waals surface area contributed by atoms with Gasteiger partial charge in [-0.05, 0) is 0 Å². The first kappa shape index (κ1) is 56.4. The van der Waals surface area contributed by atoms with Crippen LogP contribution in [0.4, 0.5) is 28.9 Å². The van der Waals surface area contributed by atoms with E-state index in [9.17, 15) is 9.59 Å². The fourth-order valence-electron chi connectivity index (χ4n) is 10.1. The van der Waals surface area contributed by atoms with Crippen LogP contribution in [0.5, 0.6) is 0 Å². The van der Waals surface area contributed by atoms with Gasteiger partial charge in [-0.1, -0.05) is 129 Å². The standard InChI is InChI=1S/2C24H38F2NO.2C5H5.Ti/c2*1-2-3-4-5-6-7-8-9-10-11-12-13-14-15-16-17-24(28)27-23-19-18-21(25)20-22(23)26;2*1-2-4-5-3-1;/h2*18-19H,2-17H2,1H3,(H,27,28);2*1-3H,4H2;. The number of benzene rings is 2. The van der Waals surface area contributed by atoms with E-state index in [2.05, 4.69) is 24.5 Å². The summed E-state index contributed by atoms with van der Waals surface area (Å²) in [6.07, 6.45) is 47.7. The van der Waals surface area contributed by atoms with E-state index in [-0.39, 0.29) is 56.6 Å². The molecule has 2 aliphatic rings. The number of carbonyl (C=O) groups is 2. The molecule has 0 aliphatic heterocycles. The predicted octanol–water partition coefficient (Wildman–Crippen LogP) is 17.4. The van der Waals surface area contributed by atoms with Crippen LogP contribution in [0.2, 0.25) is 0 Å². The first-order valence-electron chi connectivity index (χ1n) is 27.0. The fourth-order valence-corrected chi connectivity index (χ4v) is 18.4. The molecular weight excluding hydrogens is 881 g/mol. The summed E-state index contributed by atoms with van der Waals surface area (Å²) in [7, 11) is 0. The van der Waals surface area contributed by atoms with Gasteiger partial charge < -0.3 is 0 Å². The predicted molar refractivity (Wildman–Crippen MR) is 272 cm³/mol. The Morgan fingerprint density at radius 3 is 0.985 bits per heavy atom. The van der Waals surface area contributed by atoms with Gasteiger partial charge in [0.2, 0.25) is 0 Å². The molecule has 0 saturated carbocycles. The van der Waals surface area contributed by atoms with Crippen molar-refractivity contribution >= 4 is 30.9 Å². The molecule has 2 N–H and O–H groups in total. The van der Waals surface area contributed by atoms with Gasteiger partial charge in [0.15, 0.2) is 0 Å². The second kappa shape index (κ2) is 33.3. The Kier molecular flexibility index (Phi) is 28.0. The zero-order valence-corrected chi connectivity index (χ0v) is 43.2. The Bertz CT molecular complexity index is 1770. The molecule has 0 spiro atoms. The van der Waals surface area contributed by atoms with Crippen LogP contribution in [0.25, 0.3) is 0 Å². The second-order valence-electron chi connectivity index (χ2n) is 19.5. The normalized spacial score (nSPS) is 13.4. The third-order valence-electron chi connectivity index (χ3n) is 14.0. The number of amides is 2. The molecule has 0 heterocycles. The Morgan fingerprint density at radius 2 is 0.716 bits per heavy atom. The molecule has 372 valence electrons. The number of nitrogens with one attached hydrogen (secondary N) is 2. The molecule has 4 nitrogen and oxygen atoms in total. The van der Waals surface area contributed by atoms with Gasteiger partial charge in [-0.15, -0.1) is 0 Å². The van der Waals surface area contributed by atoms with Crippen molar-refractivity contribution in [1.29, 1.82) is 0 Å². The topological polar surface area (TPSA) is 58.2 Å². The number of anilines is 2. The Hall–Kier alpha value is -3.23. The van der Waals surface area contributed by atoms with Crippen LogP contribution in [0.1, 0.15) is 232 Å². The van der Waals surface area contributed by atoms with Crippen LogP contribution in [-0.4, -0.2) is 11.8 Å². The van der Waals surface area contributed by atoms with Crippen molar-refractivity contribution < 1.29 is 43.7 Å². The zero-order valence-electron chi connectivity index (χ0n) is 41.6. The van der Waals surface area contributed by atoms with E-state index in [0.717, 1.165) is 50.7 Å². The van der Waals surface area contributed by atoms with E-state index in [4.69, 9.17) is 0 Å². The van der Waals surface area contributed by atoms with Crippen molar-refractivity contribution in [3.8, 4) is 0 Å². The molecule has 0 radical (unpaired) electrons. The molecule has 2 aliphatic carbocycles. The van der Waals surface area contributed by atoms with E-state index in [0.29, 0.717) is 20.6 Å². The summed E-state index contributed by atoms with van der Waals surface area (Å²) in [5.74, 6) is -4.62. The van der Waals surface area contributed by atoms with Crippen LogP contribution >= 0.6 is 0 Å². The van der Waals surface area contributed by atoms with Gasteiger partial charge in [0.05, 0.1) is 0 Å². The van der Waals surface area contributed by atoms with Crippen LogP contribution < -0.4 is 18.4 Å². The van der Waals surface area contributed by atoms with Crippen molar-refractivity contribution in [3.63, 3.8) is 0 Å². The van der Waals surface area contributed by atoms with Crippen molar-refractivity contribution in [2.75, 3.05) is 10.6 Å². The Morgan fingerprint density at radius 1 is 0.433 bits per heavy atom. The summed E-state index contributed by atoms with van der Waals surface area (Å²) in [4.78, 5) is 26.5. The summed E-state index contributed by atoms with van der Waals surface area (Å²) >= 11 is -5.16. The quantitative estimate of drug-likeness (QED) is 0.0400. The van der Waals surface area contributed by atoms with E-state index in [1.54, 1.807) is 24.3 Å². The van der Waals surface area contributed by atoms with E-state index in [1.165, 1.54) is 153 Å². The average Bonchev–Trinajstić information content (AvgIpc) is 4.07. The molecule has 0 bridgehead atoms. The van der Waals surface area contributed by atoms with E-state index >= 15 is 17.6 Å². The van der Waals surface area contributed by atoms with Crippen LogP contribution in [0.15, 0.2) is 68.5 Å². The minimum absolute atomic E-state index is 0.186. The van der Waals surface area contributed by atoms with Crippen molar-refractivity contribution in [3.05, 3.63) is 91.7 Å².